The Morgan fingerprint density at radius 3 is 2.92 bits per heavy atom. The summed E-state index contributed by atoms with van der Waals surface area (Å²) in [5, 5.41) is 1.06. The van der Waals surface area contributed by atoms with Gasteiger partial charge in [-0.1, -0.05) is 12.1 Å². The molecule has 1 heterocycles. The number of rotatable bonds is 2. The van der Waals surface area contributed by atoms with Crippen LogP contribution in [-0.4, -0.2) is 11.2 Å². The summed E-state index contributed by atoms with van der Waals surface area (Å²) in [6, 6.07) is 7.65. The Hall–Kier alpha value is -1.51. The lowest BCUT2D eigenvalue weighted by Crippen LogP contribution is -1.99. The molecule has 0 radical (unpaired) electrons. The van der Waals surface area contributed by atoms with Crippen LogP contribution >= 0.6 is 0 Å². The van der Waals surface area contributed by atoms with Gasteiger partial charge in [-0.2, -0.15) is 0 Å². The fourth-order valence-electron chi connectivity index (χ4n) is 1.57. The molecule has 0 amide bonds. The second-order valence-electron chi connectivity index (χ2n) is 2.98. The average Bonchev–Trinajstić information content (AvgIpc) is 2.51. The predicted molar refractivity (Wildman–Crippen MR) is 52.3 cm³/mol. The van der Waals surface area contributed by atoms with Gasteiger partial charge in [0, 0.05) is 11.6 Å². The summed E-state index contributed by atoms with van der Waals surface area (Å²) in [5.74, 6) is 0. The first-order chi connectivity index (χ1) is 6.33. The first-order valence-corrected chi connectivity index (χ1v) is 4.22. The van der Waals surface area contributed by atoms with Crippen molar-refractivity contribution >= 4 is 16.6 Å². The van der Waals surface area contributed by atoms with Gasteiger partial charge in [-0.25, -0.2) is 4.39 Å². The minimum absolute atomic E-state index is 0.363. The SMILES string of the molecule is Nc1cccc2ccn(CCF)c12. The van der Waals surface area contributed by atoms with Gasteiger partial charge in [0.05, 0.1) is 17.7 Å². The highest BCUT2D eigenvalue weighted by atomic mass is 19.1. The van der Waals surface area contributed by atoms with Crippen LogP contribution in [0, 0.1) is 0 Å². The third-order valence-electron chi connectivity index (χ3n) is 2.15. The Morgan fingerprint density at radius 1 is 1.31 bits per heavy atom. The number of nitrogen functional groups attached to an aromatic ring is 1. The highest BCUT2D eigenvalue weighted by molar-refractivity contribution is 5.90. The summed E-state index contributed by atoms with van der Waals surface area (Å²) >= 11 is 0. The van der Waals surface area contributed by atoms with Gasteiger partial charge in [0.1, 0.15) is 6.67 Å². The van der Waals surface area contributed by atoms with Crippen LogP contribution in [-0.2, 0) is 6.54 Å². The van der Waals surface area contributed by atoms with Crippen LogP contribution in [0.15, 0.2) is 30.5 Å². The number of hydrogen-bond acceptors (Lipinski definition) is 1. The fraction of sp³-hybridized carbons (Fsp3) is 0.200. The summed E-state index contributed by atoms with van der Waals surface area (Å²) in [6.45, 7) is 0.00975. The zero-order valence-corrected chi connectivity index (χ0v) is 7.20. The maximum atomic E-state index is 12.2. The van der Waals surface area contributed by atoms with Crippen molar-refractivity contribution in [1.29, 1.82) is 0 Å². The van der Waals surface area contributed by atoms with E-state index in [1.807, 2.05) is 35.0 Å². The van der Waals surface area contributed by atoms with Crippen molar-refractivity contribution in [2.75, 3.05) is 12.4 Å². The Kier molecular flexibility index (Phi) is 1.93. The molecule has 0 bridgehead atoms. The summed E-state index contributed by atoms with van der Waals surface area (Å²) in [7, 11) is 0. The molecule has 3 heteroatoms. The van der Waals surface area contributed by atoms with E-state index in [2.05, 4.69) is 0 Å². The van der Waals surface area contributed by atoms with Gasteiger partial charge in [-0.3, -0.25) is 0 Å². The van der Waals surface area contributed by atoms with Gasteiger partial charge in [0.25, 0.3) is 0 Å². The molecule has 0 atom stereocenters. The summed E-state index contributed by atoms with van der Waals surface area (Å²) in [5.41, 5.74) is 7.42. The molecule has 68 valence electrons. The van der Waals surface area contributed by atoms with Crippen molar-refractivity contribution in [2.24, 2.45) is 0 Å². The summed E-state index contributed by atoms with van der Waals surface area (Å²) < 4.78 is 14.0. The number of alkyl halides is 1. The number of para-hydroxylation sites is 1. The van der Waals surface area contributed by atoms with E-state index in [0.717, 1.165) is 10.9 Å². The molecule has 2 rings (SSSR count). The molecule has 2 aromatic rings. The van der Waals surface area contributed by atoms with Gasteiger partial charge in [0.15, 0.2) is 0 Å². The Labute approximate surface area is 75.8 Å². The van der Waals surface area contributed by atoms with Crippen LogP contribution < -0.4 is 5.73 Å². The predicted octanol–water partition coefficient (Wildman–Crippen LogP) is 2.19. The van der Waals surface area contributed by atoms with Crippen LogP contribution in [0.2, 0.25) is 0 Å². The first-order valence-electron chi connectivity index (χ1n) is 4.22. The fourth-order valence-corrected chi connectivity index (χ4v) is 1.57. The molecular weight excluding hydrogens is 167 g/mol. The van der Waals surface area contributed by atoms with E-state index >= 15 is 0 Å². The number of benzene rings is 1. The van der Waals surface area contributed by atoms with Gasteiger partial charge in [-0.05, 0) is 12.1 Å². The molecule has 0 fully saturated rings. The van der Waals surface area contributed by atoms with Crippen LogP contribution in [0.4, 0.5) is 10.1 Å². The van der Waals surface area contributed by atoms with Crippen LogP contribution in [0.1, 0.15) is 0 Å². The molecule has 0 spiro atoms. The van der Waals surface area contributed by atoms with Gasteiger partial charge >= 0.3 is 0 Å². The standard InChI is InChI=1S/C10H11FN2/c11-5-7-13-6-4-8-2-1-3-9(12)10(8)13/h1-4,6H,5,7,12H2. The van der Waals surface area contributed by atoms with Crippen molar-refractivity contribution in [3.8, 4) is 0 Å². The molecular formula is C10H11FN2. The Balaban J connectivity index is 2.64. The molecule has 1 aromatic carbocycles. The number of halogens is 1. The molecule has 0 saturated heterocycles. The number of hydrogen-bond donors (Lipinski definition) is 1. The topological polar surface area (TPSA) is 30.9 Å². The molecule has 0 saturated carbocycles. The lowest BCUT2D eigenvalue weighted by Gasteiger charge is -2.03. The monoisotopic (exact) mass is 178 g/mol. The number of aryl methyl sites for hydroxylation is 1. The van der Waals surface area contributed by atoms with E-state index in [1.54, 1.807) is 0 Å². The molecule has 13 heavy (non-hydrogen) atoms. The first kappa shape index (κ1) is 8.10. The van der Waals surface area contributed by atoms with Gasteiger partial charge in [-0.15, -0.1) is 0 Å². The molecule has 1 aromatic heterocycles. The average molecular weight is 178 g/mol. The second-order valence-corrected chi connectivity index (χ2v) is 2.98. The summed E-state index contributed by atoms with van der Waals surface area (Å²) in [4.78, 5) is 0. The van der Waals surface area contributed by atoms with Crippen molar-refractivity contribution < 1.29 is 4.39 Å². The molecule has 2 nitrogen and oxygen atoms in total. The molecule has 2 N–H and O–H groups in total. The number of fused-ring (bicyclic) bond motifs is 1. The van der Waals surface area contributed by atoms with Gasteiger partial charge in [0.2, 0.25) is 0 Å². The third-order valence-corrected chi connectivity index (χ3v) is 2.15. The van der Waals surface area contributed by atoms with Crippen LogP contribution in [0.5, 0.6) is 0 Å². The highest BCUT2D eigenvalue weighted by Crippen LogP contribution is 2.21. The quantitative estimate of drug-likeness (QED) is 0.702. The van der Waals surface area contributed by atoms with Crippen LogP contribution in [0.3, 0.4) is 0 Å². The highest BCUT2D eigenvalue weighted by Gasteiger charge is 2.02. The lowest BCUT2D eigenvalue weighted by molar-refractivity contribution is 0.451. The largest absolute Gasteiger partial charge is 0.397 e. The van der Waals surface area contributed by atoms with Crippen molar-refractivity contribution in [3.05, 3.63) is 30.5 Å². The van der Waals surface area contributed by atoms with E-state index in [0.29, 0.717) is 12.2 Å². The van der Waals surface area contributed by atoms with Crippen LogP contribution in [0.25, 0.3) is 10.9 Å². The number of aromatic nitrogens is 1. The Bertz CT molecular complexity index is 420. The second kappa shape index (κ2) is 3.09. The number of nitrogens with two attached hydrogens (primary N) is 1. The van der Waals surface area contributed by atoms with Crippen molar-refractivity contribution in [3.63, 3.8) is 0 Å². The molecule has 0 unspecified atom stereocenters. The smallest absolute Gasteiger partial charge is 0.107 e. The molecule has 0 aliphatic heterocycles. The molecule has 0 aliphatic carbocycles. The summed E-state index contributed by atoms with van der Waals surface area (Å²) in [6.07, 6.45) is 1.86. The molecule has 0 aliphatic rings. The van der Waals surface area contributed by atoms with E-state index < -0.39 is 0 Å². The minimum Gasteiger partial charge on any atom is -0.397 e. The normalized spacial score (nSPS) is 10.8. The minimum atomic E-state index is -0.363. The maximum Gasteiger partial charge on any atom is 0.107 e. The third kappa shape index (κ3) is 1.26. The number of anilines is 1. The van der Waals surface area contributed by atoms with Crippen molar-refractivity contribution in [1.82, 2.24) is 4.57 Å². The van der Waals surface area contributed by atoms with E-state index in [4.69, 9.17) is 5.73 Å². The zero-order valence-electron chi connectivity index (χ0n) is 7.20. The zero-order chi connectivity index (χ0) is 9.26. The lowest BCUT2D eigenvalue weighted by atomic mass is 10.2. The van der Waals surface area contributed by atoms with E-state index in [9.17, 15) is 4.39 Å². The van der Waals surface area contributed by atoms with E-state index in [-0.39, 0.29) is 6.67 Å². The maximum absolute atomic E-state index is 12.2. The van der Waals surface area contributed by atoms with Gasteiger partial charge < -0.3 is 10.3 Å². The number of nitrogens with zero attached hydrogens (tertiary/aromatic N) is 1. The Morgan fingerprint density at radius 2 is 2.15 bits per heavy atom. The van der Waals surface area contributed by atoms with Crippen molar-refractivity contribution in [2.45, 2.75) is 6.54 Å². The van der Waals surface area contributed by atoms with E-state index in [1.165, 1.54) is 0 Å².